The number of aromatic nitrogens is 2. The first-order chi connectivity index (χ1) is 10.2. The molecule has 4 nitrogen and oxygen atoms in total. The second kappa shape index (κ2) is 5.09. The SMILES string of the molecule is FC(F)(F)Oc1cc(OC(F)(F)F)c2[nH]c(C(F)(F)F)nc2c1. The number of H-pyrrole nitrogens is 1. The smallest absolute Gasteiger partial charge is 0.406 e. The molecule has 1 N–H and O–H groups in total. The Morgan fingerprint density at radius 2 is 1.39 bits per heavy atom. The van der Waals surface area contributed by atoms with Gasteiger partial charge in [-0.05, 0) is 0 Å². The van der Waals surface area contributed by atoms with Gasteiger partial charge in [-0.2, -0.15) is 13.2 Å². The van der Waals surface area contributed by atoms with Crippen LogP contribution in [0.5, 0.6) is 11.5 Å². The molecular weight excluding hydrogens is 351 g/mol. The normalized spacial score (nSPS) is 13.4. The molecule has 0 fully saturated rings. The lowest BCUT2D eigenvalue weighted by Gasteiger charge is -2.12. The highest BCUT2D eigenvalue weighted by atomic mass is 19.4. The van der Waals surface area contributed by atoms with Gasteiger partial charge >= 0.3 is 18.9 Å². The molecule has 2 aromatic rings. The number of imidazole rings is 1. The summed E-state index contributed by atoms with van der Waals surface area (Å²) in [5, 5.41) is 0. The molecule has 0 unspecified atom stereocenters. The summed E-state index contributed by atoms with van der Waals surface area (Å²) in [4.78, 5) is 4.41. The summed E-state index contributed by atoms with van der Waals surface area (Å²) in [6.45, 7) is 0. The van der Waals surface area contributed by atoms with E-state index < -0.39 is 47.3 Å². The van der Waals surface area contributed by atoms with Crippen molar-refractivity contribution >= 4 is 11.0 Å². The third kappa shape index (κ3) is 4.32. The van der Waals surface area contributed by atoms with E-state index in [1.165, 1.54) is 4.98 Å². The third-order valence-corrected chi connectivity index (χ3v) is 2.26. The topological polar surface area (TPSA) is 47.1 Å². The van der Waals surface area contributed by atoms with Crippen molar-refractivity contribution in [2.45, 2.75) is 18.9 Å². The first-order valence-electron chi connectivity index (χ1n) is 5.37. The molecular formula is C10H3F9N2O2. The molecule has 128 valence electrons. The highest BCUT2D eigenvalue weighted by Crippen LogP contribution is 2.37. The first kappa shape index (κ1) is 17.0. The van der Waals surface area contributed by atoms with Gasteiger partial charge in [-0.1, -0.05) is 0 Å². The van der Waals surface area contributed by atoms with E-state index in [1.54, 1.807) is 0 Å². The Bertz CT molecular complexity index is 714. The average molecular weight is 354 g/mol. The van der Waals surface area contributed by atoms with Gasteiger partial charge < -0.3 is 14.5 Å². The fourth-order valence-electron chi connectivity index (χ4n) is 1.59. The number of benzene rings is 1. The largest absolute Gasteiger partial charge is 0.573 e. The molecule has 0 saturated heterocycles. The number of nitrogens with zero attached hydrogens (tertiary/aromatic N) is 1. The van der Waals surface area contributed by atoms with Crippen LogP contribution < -0.4 is 9.47 Å². The van der Waals surface area contributed by atoms with E-state index in [0.717, 1.165) is 0 Å². The molecule has 0 radical (unpaired) electrons. The number of alkyl halides is 9. The molecule has 0 atom stereocenters. The fourth-order valence-corrected chi connectivity index (χ4v) is 1.59. The number of rotatable bonds is 2. The van der Waals surface area contributed by atoms with Crippen LogP contribution in [0.2, 0.25) is 0 Å². The summed E-state index contributed by atoms with van der Waals surface area (Å²) < 4.78 is 117. The lowest BCUT2D eigenvalue weighted by Crippen LogP contribution is -2.19. The van der Waals surface area contributed by atoms with Gasteiger partial charge in [0.25, 0.3) is 0 Å². The summed E-state index contributed by atoms with van der Waals surface area (Å²) >= 11 is 0. The van der Waals surface area contributed by atoms with Crippen molar-refractivity contribution in [1.29, 1.82) is 0 Å². The molecule has 1 aromatic carbocycles. The Kier molecular flexibility index (Phi) is 3.77. The van der Waals surface area contributed by atoms with Crippen LogP contribution in [-0.4, -0.2) is 22.7 Å². The number of hydrogen-bond acceptors (Lipinski definition) is 3. The Morgan fingerprint density at radius 3 is 1.87 bits per heavy atom. The first-order valence-corrected chi connectivity index (χ1v) is 5.37. The van der Waals surface area contributed by atoms with Crippen molar-refractivity contribution in [3.05, 3.63) is 18.0 Å². The number of aromatic amines is 1. The number of ether oxygens (including phenoxy) is 2. The molecule has 23 heavy (non-hydrogen) atoms. The van der Waals surface area contributed by atoms with Crippen LogP contribution in [0.15, 0.2) is 12.1 Å². The van der Waals surface area contributed by atoms with Gasteiger partial charge in [0.1, 0.15) is 11.3 Å². The number of fused-ring (bicyclic) bond motifs is 1. The quantitative estimate of drug-likeness (QED) is 0.815. The number of nitrogens with one attached hydrogen (secondary N) is 1. The lowest BCUT2D eigenvalue weighted by molar-refractivity contribution is -0.276. The summed E-state index contributed by atoms with van der Waals surface area (Å²) in [5.74, 6) is -4.27. The third-order valence-electron chi connectivity index (χ3n) is 2.26. The number of hydrogen-bond donors (Lipinski definition) is 1. The van der Waals surface area contributed by atoms with E-state index in [4.69, 9.17) is 0 Å². The zero-order valence-corrected chi connectivity index (χ0v) is 10.3. The van der Waals surface area contributed by atoms with Gasteiger partial charge in [-0.3, -0.25) is 0 Å². The standard InChI is InChI=1S/C10H3F9N2O2/c11-8(12,13)7-20-4-1-3(22-9(14,15)16)2-5(6(4)21-7)23-10(17,18)19/h1-2H,(H,20,21). The molecule has 13 heteroatoms. The average Bonchev–Trinajstić information content (AvgIpc) is 2.67. The summed E-state index contributed by atoms with van der Waals surface area (Å²) in [6.07, 6.45) is -15.7. The second-order valence-corrected chi connectivity index (χ2v) is 3.99. The zero-order valence-electron chi connectivity index (χ0n) is 10.3. The second-order valence-electron chi connectivity index (χ2n) is 3.99. The van der Waals surface area contributed by atoms with Gasteiger partial charge in [-0.25, -0.2) is 4.98 Å². The lowest BCUT2D eigenvalue weighted by atomic mass is 10.3. The van der Waals surface area contributed by atoms with E-state index in [2.05, 4.69) is 14.5 Å². The van der Waals surface area contributed by atoms with Crippen molar-refractivity contribution < 1.29 is 49.0 Å². The predicted molar refractivity (Wildman–Crippen MR) is 54.5 cm³/mol. The van der Waals surface area contributed by atoms with Crippen molar-refractivity contribution in [3.63, 3.8) is 0 Å². The summed E-state index contributed by atoms with van der Waals surface area (Å²) in [5.41, 5.74) is -1.73. The molecule has 0 amide bonds. The van der Waals surface area contributed by atoms with E-state index >= 15 is 0 Å². The minimum Gasteiger partial charge on any atom is -0.406 e. The maximum Gasteiger partial charge on any atom is 0.573 e. The fraction of sp³-hybridized carbons (Fsp3) is 0.300. The van der Waals surface area contributed by atoms with Crippen LogP contribution >= 0.6 is 0 Å². The molecule has 0 spiro atoms. The van der Waals surface area contributed by atoms with Crippen LogP contribution in [0.1, 0.15) is 5.82 Å². The van der Waals surface area contributed by atoms with Gasteiger partial charge in [-0.15, -0.1) is 26.3 Å². The highest BCUT2D eigenvalue weighted by molar-refractivity contribution is 5.83. The van der Waals surface area contributed by atoms with E-state index in [1.807, 2.05) is 0 Å². The van der Waals surface area contributed by atoms with E-state index in [-0.39, 0.29) is 6.07 Å². The summed E-state index contributed by atoms with van der Waals surface area (Å²) in [6, 6.07) is 0.527. The maximum absolute atomic E-state index is 12.5. The van der Waals surface area contributed by atoms with Gasteiger partial charge in [0.05, 0.1) is 5.52 Å². The molecule has 0 saturated carbocycles. The predicted octanol–water partition coefficient (Wildman–Crippen LogP) is 4.38. The minimum atomic E-state index is -5.35. The van der Waals surface area contributed by atoms with Crippen molar-refractivity contribution in [2.24, 2.45) is 0 Å². The number of halogens is 9. The maximum atomic E-state index is 12.5. The monoisotopic (exact) mass is 354 g/mol. The summed E-state index contributed by atoms with van der Waals surface area (Å²) in [7, 11) is 0. The van der Waals surface area contributed by atoms with Crippen LogP contribution in [0.4, 0.5) is 39.5 Å². The van der Waals surface area contributed by atoms with Crippen molar-refractivity contribution in [2.75, 3.05) is 0 Å². The van der Waals surface area contributed by atoms with Gasteiger partial charge in [0.2, 0.25) is 5.82 Å². The Balaban J connectivity index is 2.60. The molecule has 0 bridgehead atoms. The molecule has 0 aliphatic heterocycles. The van der Waals surface area contributed by atoms with Crippen molar-refractivity contribution in [3.8, 4) is 11.5 Å². The van der Waals surface area contributed by atoms with Crippen LogP contribution in [0, 0.1) is 0 Å². The van der Waals surface area contributed by atoms with E-state index in [9.17, 15) is 39.5 Å². The zero-order chi connectivity index (χ0) is 17.6. The van der Waals surface area contributed by atoms with Gasteiger partial charge in [0, 0.05) is 12.1 Å². The van der Waals surface area contributed by atoms with Crippen molar-refractivity contribution in [1.82, 2.24) is 9.97 Å². The molecule has 1 heterocycles. The van der Waals surface area contributed by atoms with Gasteiger partial charge in [0.15, 0.2) is 5.75 Å². The Labute approximate surface area is 119 Å². The van der Waals surface area contributed by atoms with Crippen LogP contribution in [-0.2, 0) is 6.18 Å². The Morgan fingerprint density at radius 1 is 0.826 bits per heavy atom. The molecule has 0 aliphatic carbocycles. The Hall–Kier alpha value is -2.34. The van der Waals surface area contributed by atoms with Crippen LogP contribution in [0.25, 0.3) is 11.0 Å². The molecule has 1 aromatic heterocycles. The van der Waals surface area contributed by atoms with E-state index in [0.29, 0.717) is 6.07 Å². The highest BCUT2D eigenvalue weighted by Gasteiger charge is 2.38. The van der Waals surface area contributed by atoms with Crippen LogP contribution in [0.3, 0.4) is 0 Å². The molecule has 0 aliphatic rings. The molecule has 2 rings (SSSR count). The minimum absolute atomic E-state index is 0.141.